The molecule has 104 valence electrons. The van der Waals surface area contributed by atoms with Crippen molar-refractivity contribution in [3.05, 3.63) is 35.4 Å². The van der Waals surface area contributed by atoms with Gasteiger partial charge in [0.2, 0.25) is 5.60 Å². The number of Topliss-reactive ketones (excluding diaryl/α,β-unsaturated/α-hetero) is 1. The second-order valence-electron chi connectivity index (χ2n) is 4.92. The van der Waals surface area contributed by atoms with E-state index in [-0.39, 0.29) is 17.1 Å². The Bertz CT molecular complexity index is 631. The molecule has 0 bridgehead atoms. The monoisotopic (exact) mass is 274 g/mol. The van der Waals surface area contributed by atoms with E-state index >= 15 is 0 Å². The first kappa shape index (κ1) is 12.7. The summed E-state index contributed by atoms with van der Waals surface area (Å²) in [6, 6.07) is 6.79. The number of methoxy groups -OCH3 is 1. The van der Waals surface area contributed by atoms with Crippen LogP contribution in [0.5, 0.6) is 5.75 Å². The summed E-state index contributed by atoms with van der Waals surface area (Å²) >= 11 is 0. The molecule has 1 aromatic carbocycles. The summed E-state index contributed by atoms with van der Waals surface area (Å²) in [5.41, 5.74) is -1.06. The van der Waals surface area contributed by atoms with E-state index in [9.17, 15) is 14.7 Å². The topological polar surface area (TPSA) is 72.8 Å². The van der Waals surface area contributed by atoms with Gasteiger partial charge in [-0.1, -0.05) is 12.1 Å². The second-order valence-corrected chi connectivity index (χ2v) is 4.92. The molecule has 0 aromatic heterocycles. The number of hydrogen-bond acceptors (Lipinski definition) is 5. The van der Waals surface area contributed by atoms with Crippen molar-refractivity contribution in [1.82, 2.24) is 0 Å². The number of carbonyl (C=O) groups is 2. The van der Waals surface area contributed by atoms with Crippen LogP contribution < -0.4 is 4.74 Å². The highest BCUT2D eigenvalue weighted by atomic mass is 16.6. The van der Waals surface area contributed by atoms with Crippen LogP contribution >= 0.6 is 0 Å². The van der Waals surface area contributed by atoms with Crippen molar-refractivity contribution in [3.8, 4) is 5.75 Å². The third kappa shape index (κ3) is 1.56. The quantitative estimate of drug-likeness (QED) is 0.793. The largest absolute Gasteiger partial charge is 0.507 e. The Balaban J connectivity index is 2.27. The minimum Gasteiger partial charge on any atom is -0.507 e. The number of carbonyl (C=O) groups excluding carboxylic acids is 2. The van der Waals surface area contributed by atoms with Gasteiger partial charge in [-0.15, -0.1) is 0 Å². The van der Waals surface area contributed by atoms with Gasteiger partial charge in [0.05, 0.1) is 18.2 Å². The zero-order chi connectivity index (χ0) is 14.3. The van der Waals surface area contributed by atoms with Crippen molar-refractivity contribution in [2.75, 3.05) is 7.11 Å². The number of esters is 1. The Labute approximate surface area is 115 Å². The summed E-state index contributed by atoms with van der Waals surface area (Å²) in [4.78, 5) is 24.3. The number of benzene rings is 1. The third-order valence-electron chi connectivity index (χ3n) is 3.79. The molecule has 5 nitrogen and oxygen atoms in total. The summed E-state index contributed by atoms with van der Waals surface area (Å²) in [5.74, 6) is -0.717. The van der Waals surface area contributed by atoms with E-state index in [1.165, 1.54) is 7.11 Å². The van der Waals surface area contributed by atoms with E-state index in [4.69, 9.17) is 9.47 Å². The number of para-hydroxylation sites is 1. The van der Waals surface area contributed by atoms with Gasteiger partial charge in [-0.3, -0.25) is 4.79 Å². The highest BCUT2D eigenvalue weighted by Crippen LogP contribution is 2.45. The molecule has 20 heavy (non-hydrogen) atoms. The van der Waals surface area contributed by atoms with Crippen LogP contribution in [0, 0.1) is 0 Å². The summed E-state index contributed by atoms with van der Waals surface area (Å²) in [7, 11) is 1.24. The fourth-order valence-electron chi connectivity index (χ4n) is 2.88. The molecule has 2 aliphatic rings. The van der Waals surface area contributed by atoms with Gasteiger partial charge in [-0.2, -0.15) is 0 Å². The molecule has 5 heteroatoms. The molecule has 0 amide bonds. The molecule has 1 N–H and O–H groups in total. The Morgan fingerprint density at radius 2 is 2.15 bits per heavy atom. The normalized spacial score (nSPS) is 24.6. The fourth-order valence-corrected chi connectivity index (χ4v) is 2.88. The number of rotatable bonds is 1. The average Bonchev–Trinajstić information content (AvgIpc) is 2.46. The highest BCUT2D eigenvalue weighted by molar-refractivity contribution is 6.11. The maximum Gasteiger partial charge on any atom is 0.355 e. The average molecular weight is 274 g/mol. The van der Waals surface area contributed by atoms with E-state index in [1.807, 2.05) is 0 Å². The van der Waals surface area contributed by atoms with Crippen molar-refractivity contribution in [1.29, 1.82) is 0 Å². The van der Waals surface area contributed by atoms with Crippen LogP contribution in [-0.2, 0) is 14.3 Å². The number of ether oxygens (including phenoxy) is 2. The number of aliphatic hydroxyl groups is 1. The van der Waals surface area contributed by atoms with Gasteiger partial charge in [-0.25, -0.2) is 4.79 Å². The van der Waals surface area contributed by atoms with Crippen molar-refractivity contribution in [2.45, 2.75) is 24.9 Å². The molecule has 1 aliphatic heterocycles. The molecule has 0 saturated heterocycles. The zero-order valence-corrected chi connectivity index (χ0v) is 11.0. The van der Waals surface area contributed by atoms with Crippen molar-refractivity contribution in [2.24, 2.45) is 0 Å². The Morgan fingerprint density at radius 3 is 2.90 bits per heavy atom. The van der Waals surface area contributed by atoms with Gasteiger partial charge in [0, 0.05) is 12.8 Å². The van der Waals surface area contributed by atoms with E-state index < -0.39 is 11.6 Å². The van der Waals surface area contributed by atoms with Gasteiger partial charge < -0.3 is 14.6 Å². The van der Waals surface area contributed by atoms with Crippen LogP contribution in [0.25, 0.3) is 5.76 Å². The number of hydrogen-bond donors (Lipinski definition) is 1. The summed E-state index contributed by atoms with van der Waals surface area (Å²) in [6.45, 7) is 0. The summed E-state index contributed by atoms with van der Waals surface area (Å²) in [5, 5.41) is 10.4. The SMILES string of the molecule is COC(=O)C12CCCC(=O)C1=C(O)c1ccccc1O2. The third-order valence-corrected chi connectivity index (χ3v) is 3.79. The van der Waals surface area contributed by atoms with Gasteiger partial charge in [0.15, 0.2) is 5.78 Å². The molecular formula is C15H14O5. The van der Waals surface area contributed by atoms with Crippen LogP contribution in [0.15, 0.2) is 29.8 Å². The number of ketones is 1. The molecule has 1 aromatic rings. The minimum atomic E-state index is -1.51. The molecule has 1 fully saturated rings. The lowest BCUT2D eigenvalue weighted by molar-refractivity contribution is -0.159. The summed E-state index contributed by atoms with van der Waals surface area (Å²) in [6.07, 6.45) is 1.13. The minimum absolute atomic E-state index is 0.0225. The predicted molar refractivity (Wildman–Crippen MR) is 70.2 cm³/mol. The standard InChI is InChI=1S/C15H14O5/c1-19-14(18)15-8-4-6-10(16)12(15)13(17)9-5-2-3-7-11(9)20-15/h2-3,5,7,17H,4,6,8H2,1H3. The van der Waals surface area contributed by atoms with E-state index in [0.717, 1.165) is 0 Å². The molecule has 1 unspecified atom stereocenters. The van der Waals surface area contributed by atoms with E-state index in [2.05, 4.69) is 0 Å². The van der Waals surface area contributed by atoms with Gasteiger partial charge in [-0.05, 0) is 18.6 Å². The molecule has 0 radical (unpaired) electrons. The first-order valence-electron chi connectivity index (χ1n) is 6.44. The number of aliphatic hydroxyl groups excluding tert-OH is 1. The Hall–Kier alpha value is -2.30. The maximum atomic E-state index is 12.2. The van der Waals surface area contributed by atoms with Crippen molar-refractivity contribution >= 4 is 17.5 Å². The predicted octanol–water partition coefficient (Wildman–Crippen LogP) is 2.01. The molecule has 0 spiro atoms. The van der Waals surface area contributed by atoms with Crippen molar-refractivity contribution in [3.63, 3.8) is 0 Å². The molecular weight excluding hydrogens is 260 g/mol. The molecule has 1 heterocycles. The fraction of sp³-hybridized carbons (Fsp3) is 0.333. The molecule has 3 rings (SSSR count). The molecule has 1 aliphatic carbocycles. The summed E-state index contributed by atoms with van der Waals surface area (Å²) < 4.78 is 10.6. The molecule has 1 saturated carbocycles. The lowest BCUT2D eigenvalue weighted by atomic mass is 9.76. The maximum absolute atomic E-state index is 12.2. The Kier molecular flexibility index (Phi) is 2.78. The van der Waals surface area contributed by atoms with Crippen LogP contribution in [0.3, 0.4) is 0 Å². The van der Waals surface area contributed by atoms with E-state index in [1.54, 1.807) is 24.3 Å². The van der Waals surface area contributed by atoms with Gasteiger partial charge in [0.25, 0.3) is 0 Å². The first-order chi connectivity index (χ1) is 9.60. The smallest absolute Gasteiger partial charge is 0.355 e. The zero-order valence-electron chi connectivity index (χ0n) is 11.0. The lowest BCUT2D eigenvalue weighted by Crippen LogP contribution is -2.53. The van der Waals surface area contributed by atoms with Gasteiger partial charge >= 0.3 is 5.97 Å². The second kappa shape index (κ2) is 4.37. The van der Waals surface area contributed by atoms with Crippen LogP contribution in [0.2, 0.25) is 0 Å². The first-order valence-corrected chi connectivity index (χ1v) is 6.44. The number of fused-ring (bicyclic) bond motifs is 2. The van der Waals surface area contributed by atoms with Crippen LogP contribution in [-0.4, -0.2) is 29.6 Å². The molecule has 1 atom stereocenters. The van der Waals surface area contributed by atoms with Gasteiger partial charge in [0.1, 0.15) is 11.5 Å². The lowest BCUT2D eigenvalue weighted by Gasteiger charge is -2.39. The Morgan fingerprint density at radius 1 is 1.40 bits per heavy atom. The van der Waals surface area contributed by atoms with Crippen LogP contribution in [0.4, 0.5) is 0 Å². The van der Waals surface area contributed by atoms with Crippen LogP contribution in [0.1, 0.15) is 24.8 Å². The highest BCUT2D eigenvalue weighted by Gasteiger charge is 2.55. The van der Waals surface area contributed by atoms with E-state index in [0.29, 0.717) is 30.6 Å². The van der Waals surface area contributed by atoms with Crippen molar-refractivity contribution < 1.29 is 24.2 Å².